The van der Waals surface area contributed by atoms with Crippen LogP contribution in [-0.2, 0) is 4.79 Å². The lowest BCUT2D eigenvalue weighted by Crippen LogP contribution is -2.48. The van der Waals surface area contributed by atoms with Crippen LogP contribution in [0.15, 0.2) is 67.0 Å². The molecule has 0 radical (unpaired) electrons. The maximum atomic E-state index is 15.0. The third-order valence-corrected chi connectivity index (χ3v) is 6.54. The molecular formula is C27H32FN5O. The highest BCUT2D eigenvalue weighted by Gasteiger charge is 2.29. The van der Waals surface area contributed by atoms with E-state index in [1.54, 1.807) is 24.5 Å². The molecule has 7 heteroatoms. The van der Waals surface area contributed by atoms with Gasteiger partial charge in [-0.15, -0.1) is 0 Å². The second-order valence-electron chi connectivity index (χ2n) is 8.61. The average Bonchev–Trinajstić information content (AvgIpc) is 2.87. The van der Waals surface area contributed by atoms with Gasteiger partial charge in [-0.05, 0) is 42.7 Å². The van der Waals surface area contributed by atoms with Crippen molar-refractivity contribution in [3.8, 4) is 0 Å². The van der Waals surface area contributed by atoms with Crippen molar-refractivity contribution in [3.05, 3.63) is 84.2 Å². The van der Waals surface area contributed by atoms with E-state index in [2.05, 4.69) is 37.2 Å². The van der Waals surface area contributed by atoms with Crippen LogP contribution in [0.1, 0.15) is 44.1 Å². The van der Waals surface area contributed by atoms with Crippen LogP contribution in [0.4, 0.5) is 15.8 Å². The van der Waals surface area contributed by atoms with Gasteiger partial charge in [0.25, 0.3) is 0 Å². The van der Waals surface area contributed by atoms with E-state index in [1.807, 2.05) is 38.1 Å². The second kappa shape index (κ2) is 11.2. The largest absolute Gasteiger partial charge is 0.367 e. The lowest BCUT2D eigenvalue weighted by Gasteiger charge is -2.40. The number of piperazine rings is 1. The van der Waals surface area contributed by atoms with Crippen LogP contribution in [-0.4, -0.2) is 47.0 Å². The van der Waals surface area contributed by atoms with Gasteiger partial charge in [0.05, 0.1) is 11.7 Å². The molecule has 0 bridgehead atoms. The summed E-state index contributed by atoms with van der Waals surface area (Å²) in [6.07, 6.45) is 5.08. The van der Waals surface area contributed by atoms with Gasteiger partial charge >= 0.3 is 0 Å². The Kier molecular flexibility index (Phi) is 7.85. The molecule has 6 nitrogen and oxygen atoms in total. The number of hydrogen-bond acceptors (Lipinski definition) is 5. The standard InChI is InChI=1S/C27H32FN5O/c1-3-20(4-2)27(34)31-22-11-12-24(23(28)19-22)32-15-17-33(18-16-32)25(21-9-6-5-7-10-21)26-29-13-8-14-30-26/h5-14,19-20,25H,3-4,15-18H2,1-2H3,(H,31,34). The van der Waals surface area contributed by atoms with Crippen molar-refractivity contribution in [2.24, 2.45) is 5.92 Å². The summed E-state index contributed by atoms with van der Waals surface area (Å²) < 4.78 is 15.0. The van der Waals surface area contributed by atoms with Crippen LogP contribution in [0, 0.1) is 11.7 Å². The van der Waals surface area contributed by atoms with Gasteiger partial charge in [-0.25, -0.2) is 14.4 Å². The summed E-state index contributed by atoms with van der Waals surface area (Å²) in [4.78, 5) is 25.8. The summed E-state index contributed by atoms with van der Waals surface area (Å²) in [5, 5.41) is 2.85. The molecule has 3 aromatic rings. The molecule has 0 saturated carbocycles. The van der Waals surface area contributed by atoms with Crippen molar-refractivity contribution in [1.82, 2.24) is 14.9 Å². The van der Waals surface area contributed by atoms with Crippen molar-refractivity contribution in [3.63, 3.8) is 0 Å². The van der Waals surface area contributed by atoms with E-state index in [-0.39, 0.29) is 23.7 Å². The highest BCUT2D eigenvalue weighted by Crippen LogP contribution is 2.30. The third-order valence-electron chi connectivity index (χ3n) is 6.54. The Labute approximate surface area is 200 Å². The van der Waals surface area contributed by atoms with E-state index in [0.29, 0.717) is 24.5 Å². The zero-order valence-corrected chi connectivity index (χ0v) is 19.8. The van der Waals surface area contributed by atoms with Crippen LogP contribution < -0.4 is 10.2 Å². The second-order valence-corrected chi connectivity index (χ2v) is 8.61. The van der Waals surface area contributed by atoms with E-state index in [4.69, 9.17) is 0 Å². The van der Waals surface area contributed by atoms with Crippen LogP contribution in [0.2, 0.25) is 0 Å². The Morgan fingerprint density at radius 1 is 0.971 bits per heavy atom. The fourth-order valence-corrected chi connectivity index (χ4v) is 4.58. The maximum Gasteiger partial charge on any atom is 0.227 e. The summed E-state index contributed by atoms with van der Waals surface area (Å²) in [5.41, 5.74) is 2.21. The number of benzene rings is 2. The first kappa shape index (κ1) is 23.8. The van der Waals surface area contributed by atoms with Crippen molar-refractivity contribution < 1.29 is 9.18 Å². The van der Waals surface area contributed by atoms with Gasteiger partial charge in [-0.2, -0.15) is 0 Å². The maximum absolute atomic E-state index is 15.0. The van der Waals surface area contributed by atoms with Gasteiger partial charge in [0, 0.05) is 50.2 Å². The summed E-state index contributed by atoms with van der Waals surface area (Å²) >= 11 is 0. The topological polar surface area (TPSA) is 61.4 Å². The summed E-state index contributed by atoms with van der Waals surface area (Å²) in [5.74, 6) is 0.343. The van der Waals surface area contributed by atoms with E-state index in [1.165, 1.54) is 6.07 Å². The van der Waals surface area contributed by atoms with Crippen LogP contribution >= 0.6 is 0 Å². The monoisotopic (exact) mass is 461 g/mol. The zero-order valence-electron chi connectivity index (χ0n) is 19.8. The zero-order chi connectivity index (χ0) is 23.9. The van der Waals surface area contributed by atoms with Gasteiger partial charge < -0.3 is 10.2 Å². The molecule has 1 aliphatic rings. The number of aromatic nitrogens is 2. The summed E-state index contributed by atoms with van der Waals surface area (Å²) in [6, 6.07) is 17.0. The number of carbonyl (C=O) groups is 1. The number of nitrogens with zero attached hydrogens (tertiary/aromatic N) is 4. The molecule has 1 amide bonds. The number of rotatable bonds is 8. The third kappa shape index (κ3) is 5.42. The summed E-state index contributed by atoms with van der Waals surface area (Å²) in [7, 11) is 0. The molecule has 2 aromatic carbocycles. The highest BCUT2D eigenvalue weighted by atomic mass is 19.1. The minimum atomic E-state index is -0.318. The smallest absolute Gasteiger partial charge is 0.227 e. The van der Waals surface area contributed by atoms with Crippen molar-refractivity contribution in [2.45, 2.75) is 32.7 Å². The number of hydrogen-bond donors (Lipinski definition) is 1. The van der Waals surface area contributed by atoms with Gasteiger partial charge in [0.2, 0.25) is 5.91 Å². The molecule has 0 aliphatic carbocycles. The van der Waals surface area contributed by atoms with E-state index in [9.17, 15) is 4.79 Å². The molecule has 1 saturated heterocycles. The molecule has 2 heterocycles. The molecule has 1 N–H and O–H groups in total. The number of anilines is 2. The molecule has 34 heavy (non-hydrogen) atoms. The predicted molar refractivity (Wildman–Crippen MR) is 133 cm³/mol. The first-order valence-electron chi connectivity index (χ1n) is 12.0. The Balaban J connectivity index is 1.45. The predicted octanol–water partition coefficient (Wildman–Crippen LogP) is 4.90. The lowest BCUT2D eigenvalue weighted by atomic mass is 10.0. The fourth-order valence-electron chi connectivity index (χ4n) is 4.58. The lowest BCUT2D eigenvalue weighted by molar-refractivity contribution is -0.120. The molecule has 1 atom stereocenters. The summed E-state index contributed by atoms with van der Waals surface area (Å²) in [6.45, 7) is 6.86. The molecule has 1 fully saturated rings. The molecule has 1 aromatic heterocycles. The first-order chi connectivity index (χ1) is 16.6. The number of carbonyl (C=O) groups excluding carboxylic acids is 1. The van der Waals surface area contributed by atoms with E-state index in [0.717, 1.165) is 37.3 Å². The number of halogens is 1. The molecule has 178 valence electrons. The van der Waals surface area contributed by atoms with Crippen molar-refractivity contribution >= 4 is 17.3 Å². The number of nitrogens with one attached hydrogen (secondary N) is 1. The van der Waals surface area contributed by atoms with E-state index >= 15 is 4.39 Å². The van der Waals surface area contributed by atoms with Gasteiger partial charge in [-0.3, -0.25) is 9.69 Å². The molecule has 1 aliphatic heterocycles. The Hall–Kier alpha value is -3.32. The molecule has 0 spiro atoms. The number of amides is 1. The minimum Gasteiger partial charge on any atom is -0.367 e. The minimum absolute atomic E-state index is 0.0444. The van der Waals surface area contributed by atoms with Gasteiger partial charge in [-0.1, -0.05) is 44.2 Å². The van der Waals surface area contributed by atoms with Gasteiger partial charge in [0.15, 0.2) is 0 Å². The van der Waals surface area contributed by atoms with Crippen molar-refractivity contribution in [1.29, 1.82) is 0 Å². The Morgan fingerprint density at radius 2 is 1.65 bits per heavy atom. The Morgan fingerprint density at radius 3 is 2.26 bits per heavy atom. The van der Waals surface area contributed by atoms with Gasteiger partial charge in [0.1, 0.15) is 11.6 Å². The van der Waals surface area contributed by atoms with Crippen LogP contribution in [0.5, 0.6) is 0 Å². The molecule has 4 rings (SSSR count). The highest BCUT2D eigenvalue weighted by molar-refractivity contribution is 5.92. The van der Waals surface area contributed by atoms with E-state index < -0.39 is 0 Å². The average molecular weight is 462 g/mol. The Bertz CT molecular complexity index is 1030. The fraction of sp³-hybridized carbons (Fsp3) is 0.370. The van der Waals surface area contributed by atoms with Crippen LogP contribution in [0.3, 0.4) is 0 Å². The normalized spacial score (nSPS) is 15.4. The SMILES string of the molecule is CCC(CC)C(=O)Nc1ccc(N2CCN(C(c3ccccc3)c3ncccn3)CC2)c(F)c1. The molecule has 1 unspecified atom stereocenters. The van der Waals surface area contributed by atoms with Crippen molar-refractivity contribution in [2.75, 3.05) is 36.4 Å². The molecular weight excluding hydrogens is 429 g/mol. The first-order valence-corrected chi connectivity index (χ1v) is 12.0. The quantitative estimate of drug-likeness (QED) is 0.517. The van der Waals surface area contributed by atoms with Crippen LogP contribution in [0.25, 0.3) is 0 Å².